The number of hydrogen-bond acceptors (Lipinski definition) is 2. The second-order valence-electron chi connectivity index (χ2n) is 5.63. The van der Waals surface area contributed by atoms with Crippen molar-refractivity contribution in [2.24, 2.45) is 5.92 Å². The van der Waals surface area contributed by atoms with Crippen molar-refractivity contribution >= 4 is 36.6 Å². The molecular weight excluding hydrogens is 355 g/mol. The first-order chi connectivity index (χ1) is 8.40. The molecule has 0 aromatic carbocycles. The van der Waals surface area contributed by atoms with Crippen molar-refractivity contribution in [2.45, 2.75) is 52.2 Å². The lowest BCUT2D eigenvalue weighted by molar-refractivity contribution is -0.148. The molecule has 0 amide bonds. The number of allylic oxidation sites excluding steroid dienone is 1. The normalized spacial score (nSPS) is 13.8. The van der Waals surface area contributed by atoms with Crippen LogP contribution in [0.2, 0.25) is 19.6 Å². The van der Waals surface area contributed by atoms with Gasteiger partial charge in [0.15, 0.2) is 0 Å². The number of ether oxygens (including phenoxy) is 1. The highest BCUT2D eigenvalue weighted by Crippen LogP contribution is 2.17. The zero-order valence-corrected chi connectivity index (χ0v) is 15.3. The molecule has 0 radical (unpaired) electrons. The van der Waals surface area contributed by atoms with E-state index in [1.54, 1.807) is 0 Å². The van der Waals surface area contributed by atoms with E-state index in [0.717, 1.165) is 30.1 Å². The summed E-state index contributed by atoms with van der Waals surface area (Å²) in [5, 5.41) is 0. The second-order valence-corrected chi connectivity index (χ2v) is 11.8. The van der Waals surface area contributed by atoms with Gasteiger partial charge in [0.2, 0.25) is 0 Å². The maximum Gasteiger partial charge on any atom is 0.308 e. The number of carbonyl (C=O) groups excluding carboxylic acids is 1. The molecule has 0 saturated carbocycles. The Morgan fingerprint density at radius 2 is 2.00 bits per heavy atom. The highest BCUT2D eigenvalue weighted by molar-refractivity contribution is 14.1. The van der Waals surface area contributed by atoms with Crippen LogP contribution >= 0.6 is 22.6 Å². The van der Waals surface area contributed by atoms with Gasteiger partial charge in [0.05, 0.1) is 20.6 Å². The molecule has 2 nitrogen and oxygen atoms in total. The van der Waals surface area contributed by atoms with Crippen molar-refractivity contribution in [1.82, 2.24) is 0 Å². The predicted octanol–water partition coefficient (Wildman–Crippen LogP) is 4.59. The molecule has 0 bridgehead atoms. The fourth-order valence-electron chi connectivity index (χ4n) is 1.70. The molecular formula is C14H27IO2Si. The molecule has 1 unspecified atom stereocenters. The van der Waals surface area contributed by atoms with Crippen LogP contribution in [-0.2, 0) is 9.53 Å². The molecule has 18 heavy (non-hydrogen) atoms. The highest BCUT2D eigenvalue weighted by Gasteiger charge is 2.18. The Kier molecular flexibility index (Phi) is 10.1. The van der Waals surface area contributed by atoms with Crippen LogP contribution in [0.15, 0.2) is 11.8 Å². The number of rotatable bonds is 9. The van der Waals surface area contributed by atoms with Crippen molar-refractivity contribution in [3.8, 4) is 0 Å². The highest BCUT2D eigenvalue weighted by atomic mass is 127. The third-order valence-electron chi connectivity index (χ3n) is 2.61. The Morgan fingerprint density at radius 1 is 1.33 bits per heavy atom. The molecule has 0 aliphatic heterocycles. The number of halogens is 1. The molecule has 0 rings (SSSR count). The lowest BCUT2D eigenvalue weighted by atomic mass is 9.98. The van der Waals surface area contributed by atoms with Crippen LogP contribution in [-0.4, -0.2) is 25.1 Å². The minimum absolute atomic E-state index is 0.0104. The second kappa shape index (κ2) is 10.0. The van der Waals surface area contributed by atoms with E-state index in [1.807, 2.05) is 6.92 Å². The number of alkyl halides is 1. The fraction of sp³-hybridized carbons (Fsp3) is 0.786. The monoisotopic (exact) mass is 382 g/mol. The zero-order chi connectivity index (χ0) is 14.0. The van der Waals surface area contributed by atoms with E-state index in [4.69, 9.17) is 4.74 Å². The van der Waals surface area contributed by atoms with E-state index in [1.165, 1.54) is 0 Å². The summed E-state index contributed by atoms with van der Waals surface area (Å²) < 4.78 is 6.25. The van der Waals surface area contributed by atoms with Gasteiger partial charge in [-0.15, -0.1) is 0 Å². The minimum atomic E-state index is -1.09. The summed E-state index contributed by atoms with van der Waals surface area (Å²) in [6.07, 6.45) is 6.23. The molecule has 0 aromatic heterocycles. The molecule has 4 heteroatoms. The topological polar surface area (TPSA) is 26.3 Å². The molecule has 0 saturated heterocycles. The first kappa shape index (κ1) is 18.2. The van der Waals surface area contributed by atoms with E-state index < -0.39 is 8.07 Å². The van der Waals surface area contributed by atoms with Gasteiger partial charge in [-0.05, 0) is 37.0 Å². The van der Waals surface area contributed by atoms with Gasteiger partial charge in [-0.3, -0.25) is 4.79 Å². The Labute approximate surface area is 127 Å². The fourth-order valence-corrected chi connectivity index (χ4v) is 3.01. The molecule has 0 aromatic rings. The van der Waals surface area contributed by atoms with Gasteiger partial charge in [0.25, 0.3) is 0 Å². The maximum absolute atomic E-state index is 11.8. The van der Waals surface area contributed by atoms with E-state index in [0.29, 0.717) is 6.61 Å². The van der Waals surface area contributed by atoms with Crippen LogP contribution in [0.25, 0.3) is 0 Å². The summed E-state index contributed by atoms with van der Waals surface area (Å²) in [7, 11) is -1.09. The van der Waals surface area contributed by atoms with Gasteiger partial charge in [-0.2, -0.15) is 0 Å². The molecule has 106 valence electrons. The van der Waals surface area contributed by atoms with Gasteiger partial charge in [0, 0.05) is 0 Å². The van der Waals surface area contributed by atoms with Crippen LogP contribution in [0.1, 0.15) is 32.6 Å². The maximum atomic E-state index is 11.8. The largest absolute Gasteiger partial charge is 0.466 e. The number of hydrogen-bond donors (Lipinski definition) is 0. The molecule has 1 atom stereocenters. The van der Waals surface area contributed by atoms with Crippen molar-refractivity contribution < 1.29 is 9.53 Å². The molecule has 0 fully saturated rings. The summed E-state index contributed by atoms with van der Waals surface area (Å²) in [5.41, 5.74) is 2.35. The summed E-state index contributed by atoms with van der Waals surface area (Å²) in [6.45, 7) is 9.33. The van der Waals surface area contributed by atoms with Gasteiger partial charge >= 0.3 is 5.97 Å². The van der Waals surface area contributed by atoms with Crippen molar-refractivity contribution in [3.63, 3.8) is 0 Å². The van der Waals surface area contributed by atoms with Crippen LogP contribution in [0.5, 0.6) is 0 Å². The lowest BCUT2D eigenvalue weighted by Gasteiger charge is -2.14. The van der Waals surface area contributed by atoms with Gasteiger partial charge in [-0.25, -0.2) is 0 Å². The van der Waals surface area contributed by atoms with Gasteiger partial charge in [-0.1, -0.05) is 54.0 Å². The van der Waals surface area contributed by atoms with Crippen LogP contribution in [0.4, 0.5) is 0 Å². The Hall–Kier alpha value is 0.157. The molecule has 0 N–H and O–H groups in total. The molecule has 0 spiro atoms. The standard InChI is InChI=1S/C14H27IO2Si/c1-5-17-14(16)13(10-8-11-15)9-6-7-12-18(2,3)4/h7,12-13H,5-6,8-11H2,1-4H3/b12-7+. The summed E-state index contributed by atoms with van der Waals surface area (Å²) in [6, 6.07) is 0. The SMILES string of the molecule is CCOC(=O)C(CC/C=C/[Si](C)(C)C)CCCI. The smallest absolute Gasteiger partial charge is 0.308 e. The quantitative estimate of drug-likeness (QED) is 0.252. The third-order valence-corrected chi connectivity index (χ3v) is 4.60. The Bertz CT molecular complexity index is 259. The van der Waals surface area contributed by atoms with Crippen LogP contribution in [0.3, 0.4) is 0 Å². The summed E-state index contributed by atoms with van der Waals surface area (Å²) >= 11 is 2.36. The lowest BCUT2D eigenvalue weighted by Crippen LogP contribution is -2.18. The third kappa shape index (κ3) is 10.1. The number of esters is 1. The van der Waals surface area contributed by atoms with Crippen molar-refractivity contribution in [3.05, 3.63) is 11.8 Å². The summed E-state index contributed by atoms with van der Waals surface area (Å²) in [4.78, 5) is 11.8. The predicted molar refractivity (Wildman–Crippen MR) is 90.0 cm³/mol. The average Bonchev–Trinajstić information content (AvgIpc) is 2.27. The van der Waals surface area contributed by atoms with Crippen molar-refractivity contribution in [1.29, 1.82) is 0 Å². The van der Waals surface area contributed by atoms with E-state index in [-0.39, 0.29) is 11.9 Å². The van der Waals surface area contributed by atoms with E-state index in [9.17, 15) is 4.79 Å². The van der Waals surface area contributed by atoms with Crippen LogP contribution in [0, 0.1) is 5.92 Å². The minimum Gasteiger partial charge on any atom is -0.466 e. The van der Waals surface area contributed by atoms with Crippen molar-refractivity contribution in [2.75, 3.05) is 11.0 Å². The first-order valence-electron chi connectivity index (χ1n) is 6.81. The molecule has 0 aliphatic rings. The zero-order valence-electron chi connectivity index (χ0n) is 12.2. The molecule has 0 aliphatic carbocycles. The molecule has 0 heterocycles. The van der Waals surface area contributed by atoms with Gasteiger partial charge in [0.1, 0.15) is 0 Å². The number of carbonyl (C=O) groups is 1. The Balaban J connectivity index is 4.16. The van der Waals surface area contributed by atoms with E-state index >= 15 is 0 Å². The Morgan fingerprint density at radius 3 is 2.50 bits per heavy atom. The summed E-state index contributed by atoms with van der Waals surface area (Å²) in [5.74, 6) is 0.0785. The van der Waals surface area contributed by atoms with E-state index in [2.05, 4.69) is 54.0 Å². The average molecular weight is 382 g/mol. The first-order valence-corrected chi connectivity index (χ1v) is 11.9. The van der Waals surface area contributed by atoms with Crippen LogP contribution < -0.4 is 0 Å². The van der Waals surface area contributed by atoms with Gasteiger partial charge < -0.3 is 4.74 Å².